The maximum absolute atomic E-state index is 12.1. The highest BCUT2D eigenvalue weighted by Crippen LogP contribution is 2.32. The van der Waals surface area contributed by atoms with Crippen LogP contribution in [0.15, 0.2) is 12.1 Å². The molecular formula is C14H18N2O4. The minimum Gasteiger partial charge on any atom is -0.496 e. The predicted molar refractivity (Wildman–Crippen MR) is 74.1 cm³/mol. The number of ether oxygens (including phenoxy) is 2. The fraction of sp³-hybridized carbons (Fsp3) is 0.429. The molecule has 1 aromatic rings. The van der Waals surface area contributed by atoms with Gasteiger partial charge in [-0.05, 0) is 25.0 Å². The largest absolute Gasteiger partial charge is 0.496 e. The van der Waals surface area contributed by atoms with Crippen molar-refractivity contribution >= 4 is 17.5 Å². The van der Waals surface area contributed by atoms with E-state index in [0.29, 0.717) is 30.0 Å². The molecule has 0 bridgehead atoms. The number of hydrogen-bond donors (Lipinski definition) is 2. The van der Waals surface area contributed by atoms with Crippen LogP contribution >= 0.6 is 0 Å². The molecular weight excluding hydrogens is 260 g/mol. The first-order chi connectivity index (χ1) is 9.55. The number of benzene rings is 1. The zero-order valence-corrected chi connectivity index (χ0v) is 11.8. The Bertz CT molecular complexity index is 542. The molecule has 1 saturated heterocycles. The van der Waals surface area contributed by atoms with E-state index in [1.807, 2.05) is 6.92 Å². The van der Waals surface area contributed by atoms with Crippen LogP contribution in [0.3, 0.4) is 0 Å². The smallest absolute Gasteiger partial charge is 0.247 e. The van der Waals surface area contributed by atoms with E-state index in [2.05, 4.69) is 10.6 Å². The molecule has 2 amide bonds. The highest BCUT2D eigenvalue weighted by atomic mass is 16.5. The van der Waals surface area contributed by atoms with Crippen molar-refractivity contribution in [1.82, 2.24) is 5.32 Å². The number of aryl methyl sites for hydroxylation is 1. The van der Waals surface area contributed by atoms with Crippen molar-refractivity contribution < 1.29 is 19.1 Å². The van der Waals surface area contributed by atoms with Crippen molar-refractivity contribution in [2.75, 3.05) is 19.5 Å². The molecule has 108 valence electrons. The molecule has 0 spiro atoms. The number of rotatable bonds is 4. The van der Waals surface area contributed by atoms with Gasteiger partial charge in [0.05, 0.1) is 19.9 Å². The van der Waals surface area contributed by atoms with Gasteiger partial charge in [-0.1, -0.05) is 0 Å². The second-order valence-electron chi connectivity index (χ2n) is 4.67. The van der Waals surface area contributed by atoms with Crippen LogP contribution in [0, 0.1) is 6.92 Å². The average molecular weight is 278 g/mol. The van der Waals surface area contributed by atoms with Crippen molar-refractivity contribution in [1.29, 1.82) is 0 Å². The van der Waals surface area contributed by atoms with Crippen molar-refractivity contribution in [2.24, 2.45) is 0 Å². The first-order valence-electron chi connectivity index (χ1n) is 6.38. The lowest BCUT2D eigenvalue weighted by molar-refractivity contribution is -0.122. The number of nitrogens with one attached hydrogen (secondary N) is 2. The van der Waals surface area contributed by atoms with Gasteiger partial charge in [0.1, 0.15) is 17.5 Å². The van der Waals surface area contributed by atoms with E-state index in [-0.39, 0.29) is 11.8 Å². The summed E-state index contributed by atoms with van der Waals surface area (Å²) >= 11 is 0. The number of methoxy groups -OCH3 is 2. The molecule has 1 aliphatic heterocycles. The molecule has 1 heterocycles. The summed E-state index contributed by atoms with van der Waals surface area (Å²) in [4.78, 5) is 23.2. The summed E-state index contributed by atoms with van der Waals surface area (Å²) in [6.07, 6.45) is 0.891. The number of carbonyl (C=O) groups excluding carboxylic acids is 2. The quantitative estimate of drug-likeness (QED) is 0.868. The van der Waals surface area contributed by atoms with Crippen LogP contribution in [0.2, 0.25) is 0 Å². The van der Waals surface area contributed by atoms with Crippen molar-refractivity contribution in [3.8, 4) is 11.5 Å². The summed E-state index contributed by atoms with van der Waals surface area (Å²) in [5.74, 6) is 0.871. The van der Waals surface area contributed by atoms with E-state index in [1.54, 1.807) is 19.2 Å². The molecule has 1 aliphatic rings. The van der Waals surface area contributed by atoms with Crippen LogP contribution in [0.25, 0.3) is 0 Å². The Morgan fingerprint density at radius 3 is 2.55 bits per heavy atom. The van der Waals surface area contributed by atoms with Gasteiger partial charge in [-0.3, -0.25) is 9.59 Å². The number of hydrogen-bond acceptors (Lipinski definition) is 4. The summed E-state index contributed by atoms with van der Waals surface area (Å²) in [6.45, 7) is 1.89. The fourth-order valence-electron chi connectivity index (χ4n) is 2.18. The van der Waals surface area contributed by atoms with Crippen LogP contribution < -0.4 is 20.1 Å². The van der Waals surface area contributed by atoms with Crippen LogP contribution in [0.1, 0.15) is 18.4 Å². The molecule has 1 aromatic carbocycles. The van der Waals surface area contributed by atoms with Gasteiger partial charge < -0.3 is 20.1 Å². The number of anilines is 1. The summed E-state index contributed by atoms with van der Waals surface area (Å²) in [7, 11) is 3.10. The normalized spacial score (nSPS) is 17.6. The third kappa shape index (κ3) is 2.84. The summed E-state index contributed by atoms with van der Waals surface area (Å²) in [5.41, 5.74) is 1.44. The molecule has 2 rings (SSSR count). The van der Waals surface area contributed by atoms with E-state index in [1.165, 1.54) is 7.11 Å². The van der Waals surface area contributed by atoms with E-state index in [4.69, 9.17) is 9.47 Å². The molecule has 0 aliphatic carbocycles. The summed E-state index contributed by atoms with van der Waals surface area (Å²) in [5, 5.41) is 5.40. The van der Waals surface area contributed by atoms with Crippen molar-refractivity contribution in [2.45, 2.75) is 25.8 Å². The molecule has 6 heteroatoms. The molecule has 1 atom stereocenters. The molecule has 0 aromatic heterocycles. The molecule has 20 heavy (non-hydrogen) atoms. The second-order valence-corrected chi connectivity index (χ2v) is 4.67. The summed E-state index contributed by atoms with van der Waals surface area (Å²) in [6, 6.07) is 3.02. The van der Waals surface area contributed by atoms with Crippen molar-refractivity contribution in [3.63, 3.8) is 0 Å². The lowest BCUT2D eigenvalue weighted by Gasteiger charge is -2.16. The van der Waals surface area contributed by atoms with Crippen LogP contribution in [0.4, 0.5) is 5.69 Å². The molecule has 1 fully saturated rings. The SMILES string of the molecule is COc1cc(NC(=O)C2CCC(=O)N2)c(OC)cc1C. The summed E-state index contributed by atoms with van der Waals surface area (Å²) < 4.78 is 10.5. The zero-order valence-electron chi connectivity index (χ0n) is 11.8. The Balaban J connectivity index is 2.19. The maximum atomic E-state index is 12.1. The lowest BCUT2D eigenvalue weighted by Crippen LogP contribution is -2.37. The van der Waals surface area contributed by atoms with Gasteiger partial charge in [0.25, 0.3) is 0 Å². The fourth-order valence-corrected chi connectivity index (χ4v) is 2.18. The van der Waals surface area contributed by atoms with Crippen LogP contribution in [-0.2, 0) is 9.59 Å². The third-order valence-electron chi connectivity index (χ3n) is 3.29. The Morgan fingerprint density at radius 2 is 2.00 bits per heavy atom. The molecule has 0 radical (unpaired) electrons. The molecule has 2 N–H and O–H groups in total. The topological polar surface area (TPSA) is 76.7 Å². The third-order valence-corrected chi connectivity index (χ3v) is 3.29. The average Bonchev–Trinajstić information content (AvgIpc) is 2.87. The van der Waals surface area contributed by atoms with Crippen LogP contribution in [-0.4, -0.2) is 32.1 Å². The van der Waals surface area contributed by atoms with Gasteiger partial charge in [-0.2, -0.15) is 0 Å². The van der Waals surface area contributed by atoms with Gasteiger partial charge in [0.15, 0.2) is 0 Å². The predicted octanol–water partition coefficient (Wildman–Crippen LogP) is 1.23. The Morgan fingerprint density at radius 1 is 1.30 bits per heavy atom. The molecule has 0 saturated carbocycles. The highest BCUT2D eigenvalue weighted by Gasteiger charge is 2.27. The Labute approximate surface area is 117 Å². The van der Waals surface area contributed by atoms with Crippen molar-refractivity contribution in [3.05, 3.63) is 17.7 Å². The van der Waals surface area contributed by atoms with E-state index >= 15 is 0 Å². The monoisotopic (exact) mass is 278 g/mol. The first-order valence-corrected chi connectivity index (χ1v) is 6.38. The van der Waals surface area contributed by atoms with Crippen LogP contribution in [0.5, 0.6) is 11.5 Å². The van der Waals surface area contributed by atoms with Gasteiger partial charge >= 0.3 is 0 Å². The minimum absolute atomic E-state index is 0.0985. The molecule has 6 nitrogen and oxygen atoms in total. The number of amides is 2. The standard InChI is InChI=1S/C14H18N2O4/c1-8-6-12(20-3)10(7-11(8)19-2)16-14(18)9-4-5-13(17)15-9/h6-7,9H,4-5H2,1-3H3,(H,15,17)(H,16,18). The first kappa shape index (κ1) is 14.2. The zero-order chi connectivity index (χ0) is 14.7. The lowest BCUT2D eigenvalue weighted by atomic mass is 10.1. The maximum Gasteiger partial charge on any atom is 0.247 e. The molecule has 1 unspecified atom stereocenters. The Kier molecular flexibility index (Phi) is 4.12. The second kappa shape index (κ2) is 5.81. The Hall–Kier alpha value is -2.24. The van der Waals surface area contributed by atoms with E-state index < -0.39 is 6.04 Å². The van der Waals surface area contributed by atoms with Gasteiger partial charge in [-0.15, -0.1) is 0 Å². The van der Waals surface area contributed by atoms with E-state index in [9.17, 15) is 9.59 Å². The van der Waals surface area contributed by atoms with Gasteiger partial charge in [-0.25, -0.2) is 0 Å². The minimum atomic E-state index is -0.487. The highest BCUT2D eigenvalue weighted by molar-refractivity contribution is 6.00. The number of carbonyl (C=O) groups is 2. The van der Waals surface area contributed by atoms with Gasteiger partial charge in [0, 0.05) is 12.5 Å². The van der Waals surface area contributed by atoms with E-state index in [0.717, 1.165) is 5.56 Å². The van der Waals surface area contributed by atoms with Gasteiger partial charge in [0.2, 0.25) is 11.8 Å².